The molecule has 0 aliphatic carbocycles. The van der Waals surface area contributed by atoms with Gasteiger partial charge in [-0.1, -0.05) is 41.5 Å². The third-order valence-corrected chi connectivity index (χ3v) is 20.0. The molecule has 0 spiro atoms. The first-order chi connectivity index (χ1) is 18.4. The van der Waals surface area contributed by atoms with Crippen molar-refractivity contribution >= 4 is 28.4 Å². The summed E-state index contributed by atoms with van der Waals surface area (Å²) >= 11 is 1.77. The molecule has 4 heterocycles. The van der Waals surface area contributed by atoms with E-state index in [1.165, 1.54) is 0 Å². The highest BCUT2D eigenvalue weighted by Gasteiger charge is 2.61. The molecule has 4 rings (SSSR count). The molecular formula is C30H58O8SSi2. The second-order valence-corrected chi connectivity index (χ2v) is 27.0. The topological polar surface area (TPSA) is 73.8 Å². The standard InChI is InChI=1S/C30H58O8SSi2/c1-18-22(38-41(14,15)28(5,6)7)19(37-40(12,13)27(2,3)4)16-21(31-18)39-17-20-23-24(34-29(8,9)33-23)25-26(32-20)36-30(10,11)35-25/h18-26H,16-17H2,1-15H3/t18-,19?,20?,21+,22+,23-,24?,25?,26+/m0/s1. The molecule has 8 nitrogen and oxygen atoms in total. The molecule has 240 valence electrons. The number of thioether (sulfide) groups is 1. The fraction of sp³-hybridized carbons (Fsp3) is 1.00. The molecule has 0 aromatic rings. The number of ether oxygens (including phenoxy) is 6. The lowest BCUT2D eigenvalue weighted by molar-refractivity contribution is -0.228. The van der Waals surface area contributed by atoms with Gasteiger partial charge < -0.3 is 37.3 Å². The molecule has 0 radical (unpaired) electrons. The Morgan fingerprint density at radius 2 is 1.24 bits per heavy atom. The normalized spacial score (nSPS) is 39.4. The van der Waals surface area contributed by atoms with Gasteiger partial charge in [-0.3, -0.25) is 0 Å². The number of rotatable bonds is 7. The second kappa shape index (κ2) is 11.4. The number of hydrogen-bond donors (Lipinski definition) is 0. The second-order valence-electron chi connectivity index (χ2n) is 16.3. The van der Waals surface area contributed by atoms with Crippen LogP contribution in [0.2, 0.25) is 36.3 Å². The molecule has 11 heteroatoms. The lowest BCUT2D eigenvalue weighted by atomic mass is 10.00. The molecule has 4 aliphatic heterocycles. The van der Waals surface area contributed by atoms with Crippen molar-refractivity contribution in [2.75, 3.05) is 5.75 Å². The van der Waals surface area contributed by atoms with Crippen LogP contribution in [-0.2, 0) is 37.3 Å². The van der Waals surface area contributed by atoms with Crippen LogP contribution in [-0.4, -0.2) is 88.4 Å². The van der Waals surface area contributed by atoms with Crippen molar-refractivity contribution < 1.29 is 37.3 Å². The van der Waals surface area contributed by atoms with Gasteiger partial charge in [0.1, 0.15) is 23.7 Å². The molecule has 4 saturated heterocycles. The summed E-state index contributed by atoms with van der Waals surface area (Å²) in [6.07, 6.45) is -0.979. The van der Waals surface area contributed by atoms with Crippen LogP contribution in [0.25, 0.3) is 0 Å². The summed E-state index contributed by atoms with van der Waals surface area (Å²) in [4.78, 5) is 0. The monoisotopic (exact) mass is 634 g/mol. The third-order valence-electron chi connectivity index (χ3n) is 9.81. The van der Waals surface area contributed by atoms with Gasteiger partial charge in [-0.2, -0.15) is 0 Å². The highest BCUT2D eigenvalue weighted by Crippen LogP contribution is 2.47. The molecule has 0 saturated carbocycles. The van der Waals surface area contributed by atoms with Crippen LogP contribution < -0.4 is 0 Å². The van der Waals surface area contributed by atoms with Gasteiger partial charge in [0.25, 0.3) is 0 Å². The van der Waals surface area contributed by atoms with Gasteiger partial charge in [0.05, 0.1) is 24.4 Å². The maximum atomic E-state index is 7.11. The van der Waals surface area contributed by atoms with Crippen molar-refractivity contribution in [2.24, 2.45) is 0 Å². The van der Waals surface area contributed by atoms with E-state index in [-0.39, 0.29) is 58.2 Å². The summed E-state index contributed by atoms with van der Waals surface area (Å²) in [6, 6.07) is 0. The molecule has 0 aromatic carbocycles. The zero-order chi connectivity index (χ0) is 31.0. The minimum Gasteiger partial charge on any atom is -0.411 e. The summed E-state index contributed by atoms with van der Waals surface area (Å²) in [5.41, 5.74) is -0.0497. The average molecular weight is 635 g/mol. The molecule has 4 unspecified atom stereocenters. The molecule has 4 fully saturated rings. The Labute approximate surface area is 255 Å². The van der Waals surface area contributed by atoms with E-state index in [2.05, 4.69) is 74.7 Å². The molecule has 0 N–H and O–H groups in total. The largest absolute Gasteiger partial charge is 0.411 e. The van der Waals surface area contributed by atoms with Gasteiger partial charge in [-0.05, 0) is 70.9 Å². The SMILES string of the molecule is C[C@@H]1O[C@H](SCC2O[C@@H]3OC(C)(C)OC3C3OC(C)(C)O[C@@H]23)CC(O[Si](C)(C)C(C)(C)C)[C@@H]1O[Si](C)(C)C(C)(C)C. The van der Waals surface area contributed by atoms with Gasteiger partial charge in [-0.25, -0.2) is 0 Å². The van der Waals surface area contributed by atoms with Crippen LogP contribution in [0.15, 0.2) is 0 Å². The average Bonchev–Trinajstić information content (AvgIpc) is 3.26. The lowest BCUT2D eigenvalue weighted by Crippen LogP contribution is -2.58. The van der Waals surface area contributed by atoms with E-state index >= 15 is 0 Å². The van der Waals surface area contributed by atoms with Gasteiger partial charge in [0, 0.05) is 12.2 Å². The molecule has 4 aliphatic rings. The van der Waals surface area contributed by atoms with Crippen LogP contribution in [0, 0.1) is 0 Å². The van der Waals surface area contributed by atoms with Crippen LogP contribution in [0.5, 0.6) is 0 Å². The van der Waals surface area contributed by atoms with Crippen LogP contribution in [0.3, 0.4) is 0 Å². The Hall–Kier alpha value is 0.464. The molecular weight excluding hydrogens is 577 g/mol. The van der Waals surface area contributed by atoms with Crippen LogP contribution >= 0.6 is 11.8 Å². The minimum atomic E-state index is -2.05. The van der Waals surface area contributed by atoms with E-state index in [1.807, 2.05) is 27.7 Å². The smallest absolute Gasteiger partial charge is 0.192 e. The first-order valence-corrected chi connectivity index (χ1v) is 22.3. The van der Waals surface area contributed by atoms with E-state index in [9.17, 15) is 0 Å². The van der Waals surface area contributed by atoms with E-state index in [1.54, 1.807) is 11.8 Å². The summed E-state index contributed by atoms with van der Waals surface area (Å²) in [5, 5.41) is 0.203. The van der Waals surface area contributed by atoms with Crippen molar-refractivity contribution in [1.82, 2.24) is 0 Å². The van der Waals surface area contributed by atoms with Crippen molar-refractivity contribution in [3.05, 3.63) is 0 Å². The quantitative estimate of drug-likeness (QED) is 0.274. The Kier molecular flexibility index (Phi) is 9.52. The van der Waals surface area contributed by atoms with Crippen molar-refractivity contribution in [3.8, 4) is 0 Å². The maximum Gasteiger partial charge on any atom is 0.192 e. The Bertz CT molecular complexity index is 930. The molecule has 0 bridgehead atoms. The zero-order valence-corrected chi connectivity index (χ0v) is 31.1. The van der Waals surface area contributed by atoms with E-state index in [0.717, 1.165) is 6.42 Å². The van der Waals surface area contributed by atoms with Crippen molar-refractivity contribution in [3.63, 3.8) is 0 Å². The fourth-order valence-electron chi connectivity index (χ4n) is 5.49. The van der Waals surface area contributed by atoms with E-state index in [4.69, 9.17) is 37.3 Å². The number of hydrogen-bond acceptors (Lipinski definition) is 9. The first kappa shape index (κ1) is 34.3. The van der Waals surface area contributed by atoms with Crippen LogP contribution in [0.1, 0.15) is 82.6 Å². The molecule has 0 amide bonds. The highest BCUT2D eigenvalue weighted by atomic mass is 32.2. The summed E-state index contributed by atoms with van der Waals surface area (Å²) in [7, 11) is -4.10. The van der Waals surface area contributed by atoms with Crippen molar-refractivity contribution in [2.45, 2.75) is 185 Å². The molecule has 0 aromatic heterocycles. The summed E-state index contributed by atoms with van der Waals surface area (Å²) in [6.45, 7) is 32.9. The molecule has 41 heavy (non-hydrogen) atoms. The van der Waals surface area contributed by atoms with Gasteiger partial charge in [0.2, 0.25) is 0 Å². The number of fused-ring (bicyclic) bond motifs is 3. The highest BCUT2D eigenvalue weighted by molar-refractivity contribution is 7.99. The zero-order valence-electron chi connectivity index (χ0n) is 28.3. The Morgan fingerprint density at radius 3 is 1.83 bits per heavy atom. The van der Waals surface area contributed by atoms with E-state index in [0.29, 0.717) is 5.75 Å². The van der Waals surface area contributed by atoms with Gasteiger partial charge in [-0.15, -0.1) is 11.8 Å². The molecule has 9 atom stereocenters. The van der Waals surface area contributed by atoms with E-state index < -0.39 is 34.5 Å². The van der Waals surface area contributed by atoms with Gasteiger partial charge >= 0.3 is 0 Å². The third kappa shape index (κ3) is 7.48. The maximum absolute atomic E-state index is 7.11. The first-order valence-electron chi connectivity index (χ1n) is 15.4. The summed E-state index contributed by atoms with van der Waals surface area (Å²) in [5.74, 6) is -0.752. The van der Waals surface area contributed by atoms with Crippen molar-refractivity contribution in [1.29, 1.82) is 0 Å². The lowest BCUT2D eigenvalue weighted by Gasteiger charge is -2.49. The van der Waals surface area contributed by atoms with Gasteiger partial charge in [0.15, 0.2) is 34.5 Å². The summed E-state index contributed by atoms with van der Waals surface area (Å²) < 4.78 is 52.2. The Morgan fingerprint density at radius 1 is 0.732 bits per heavy atom. The minimum absolute atomic E-state index is 0.0342. The Balaban J connectivity index is 1.49. The fourth-order valence-corrected chi connectivity index (χ4v) is 9.47. The predicted molar refractivity (Wildman–Crippen MR) is 168 cm³/mol. The predicted octanol–water partition coefficient (Wildman–Crippen LogP) is 7.03. The van der Waals surface area contributed by atoms with Crippen LogP contribution in [0.4, 0.5) is 0 Å².